The molecule has 0 bridgehead atoms. The van der Waals surface area contributed by atoms with Crippen molar-refractivity contribution < 1.29 is 62.9 Å². The average molecular weight is 738 g/mol. The lowest BCUT2D eigenvalue weighted by atomic mass is 9.72. The Hall–Kier alpha value is -3.71. The number of rotatable bonds is 5. The van der Waals surface area contributed by atoms with E-state index < -0.39 is 88.7 Å². The number of phenols is 2. The van der Waals surface area contributed by atoms with Crippen LogP contribution in [0.4, 0.5) is 0 Å². The molecule has 5 aliphatic heterocycles. The Morgan fingerprint density at radius 1 is 1.04 bits per heavy atom. The van der Waals surface area contributed by atoms with Crippen molar-refractivity contribution in [3.63, 3.8) is 0 Å². The molecule has 1 amide bonds. The number of nitrogens with one attached hydrogen (secondary N) is 1. The number of hydrogen-bond acceptors (Lipinski definition) is 15. The molecule has 53 heavy (non-hydrogen) atoms. The number of ketones is 2. The number of benzene rings is 2. The number of amides is 1. The van der Waals surface area contributed by atoms with Gasteiger partial charge in [-0.25, -0.2) is 0 Å². The van der Waals surface area contributed by atoms with Crippen molar-refractivity contribution in [1.82, 2.24) is 15.1 Å². The number of ether oxygens (including phenoxy) is 7. The van der Waals surface area contributed by atoms with Gasteiger partial charge in [0.2, 0.25) is 5.78 Å². The van der Waals surface area contributed by atoms with Crippen LogP contribution in [0.25, 0.3) is 0 Å². The molecule has 5 heterocycles. The van der Waals surface area contributed by atoms with Gasteiger partial charge < -0.3 is 58.7 Å². The topological polar surface area (TPSA) is 195 Å². The molecule has 284 valence electrons. The van der Waals surface area contributed by atoms with Crippen molar-refractivity contribution in [3.05, 3.63) is 51.6 Å². The van der Waals surface area contributed by atoms with Crippen molar-refractivity contribution in [2.75, 3.05) is 60.2 Å². The lowest BCUT2D eigenvalue weighted by Gasteiger charge is -2.50. The first-order valence-electron chi connectivity index (χ1n) is 18.1. The van der Waals surface area contributed by atoms with Gasteiger partial charge in [-0.05, 0) is 13.0 Å². The molecule has 9 rings (SSSR count). The van der Waals surface area contributed by atoms with Gasteiger partial charge in [0.25, 0.3) is 5.91 Å². The molecule has 16 heteroatoms. The number of aromatic hydroxyl groups is 2. The Kier molecular flexibility index (Phi) is 8.38. The number of methoxy groups -OCH3 is 2. The highest BCUT2D eigenvalue weighted by Gasteiger charge is 2.56. The van der Waals surface area contributed by atoms with Gasteiger partial charge in [-0.2, -0.15) is 0 Å². The van der Waals surface area contributed by atoms with E-state index in [0.29, 0.717) is 52.4 Å². The van der Waals surface area contributed by atoms with Crippen LogP contribution < -0.4 is 10.1 Å². The molecule has 2 aliphatic carbocycles. The number of fused-ring (bicyclic) bond motifs is 6. The third-order valence-corrected chi connectivity index (χ3v) is 12.0. The van der Waals surface area contributed by atoms with E-state index in [1.807, 2.05) is 6.92 Å². The van der Waals surface area contributed by atoms with E-state index in [0.717, 1.165) is 0 Å². The number of piperazine rings is 1. The molecule has 1 spiro atoms. The molecule has 0 aromatic heterocycles. The van der Waals surface area contributed by atoms with Gasteiger partial charge in [0, 0.05) is 75.3 Å². The van der Waals surface area contributed by atoms with E-state index in [1.54, 1.807) is 18.1 Å². The minimum Gasteiger partial charge on any atom is -0.507 e. The van der Waals surface area contributed by atoms with Crippen molar-refractivity contribution in [2.24, 2.45) is 0 Å². The Labute approximate surface area is 304 Å². The minimum atomic E-state index is -2.12. The molecule has 5 saturated heterocycles. The van der Waals surface area contributed by atoms with Crippen molar-refractivity contribution in [2.45, 2.75) is 80.5 Å². The summed E-state index contributed by atoms with van der Waals surface area (Å²) in [6, 6.07) is 4.38. The van der Waals surface area contributed by atoms with Crippen molar-refractivity contribution in [1.29, 1.82) is 0 Å². The van der Waals surface area contributed by atoms with Crippen LogP contribution in [0, 0.1) is 0 Å². The highest BCUT2D eigenvalue weighted by atomic mass is 16.7. The van der Waals surface area contributed by atoms with Crippen LogP contribution in [0.5, 0.6) is 17.2 Å². The molecule has 0 radical (unpaired) electrons. The number of hydrogen-bond donors (Lipinski definition) is 4. The van der Waals surface area contributed by atoms with Gasteiger partial charge in [-0.15, -0.1) is 0 Å². The molecule has 2 aromatic carbocycles. The molecule has 0 unspecified atom stereocenters. The highest BCUT2D eigenvalue weighted by molar-refractivity contribution is 6.31. The third-order valence-electron chi connectivity index (χ3n) is 12.0. The fourth-order valence-corrected chi connectivity index (χ4v) is 9.46. The second kappa shape index (κ2) is 12.7. The lowest BCUT2D eigenvalue weighted by molar-refractivity contribution is -0.256. The number of phenolic OH excluding ortho intramolecular Hbond substituents is 2. The summed E-state index contributed by atoms with van der Waals surface area (Å²) >= 11 is 0. The molecule has 7 aliphatic rings. The number of carbonyl (C=O) groups excluding carboxylic acids is 3. The predicted octanol–water partition coefficient (Wildman–Crippen LogP) is 0.351. The maximum Gasteiger partial charge on any atom is 0.255 e. The summed E-state index contributed by atoms with van der Waals surface area (Å²) in [6.07, 6.45) is -4.44. The van der Waals surface area contributed by atoms with Crippen LogP contribution in [0.3, 0.4) is 0 Å². The summed E-state index contributed by atoms with van der Waals surface area (Å²) in [5.41, 5.74) is -3.44. The first kappa shape index (κ1) is 35.0. The lowest BCUT2D eigenvalue weighted by Crippen LogP contribution is -2.72. The molecule has 8 atom stereocenters. The maximum absolute atomic E-state index is 14.4. The highest BCUT2D eigenvalue weighted by Crippen LogP contribution is 2.53. The summed E-state index contributed by atoms with van der Waals surface area (Å²) < 4.78 is 41.5. The molecule has 0 saturated carbocycles. The van der Waals surface area contributed by atoms with Gasteiger partial charge >= 0.3 is 0 Å². The van der Waals surface area contributed by atoms with Crippen LogP contribution in [-0.4, -0.2) is 151 Å². The summed E-state index contributed by atoms with van der Waals surface area (Å²) in [5.74, 6) is -3.04. The van der Waals surface area contributed by atoms with Gasteiger partial charge in [0.05, 0.1) is 61.4 Å². The Morgan fingerprint density at radius 2 is 1.83 bits per heavy atom. The summed E-state index contributed by atoms with van der Waals surface area (Å²) in [5, 5.41) is 39.8. The Morgan fingerprint density at radius 3 is 2.57 bits per heavy atom. The summed E-state index contributed by atoms with van der Waals surface area (Å²) in [4.78, 5) is 46.3. The zero-order valence-electron chi connectivity index (χ0n) is 29.7. The Balaban J connectivity index is 1.11. The van der Waals surface area contributed by atoms with Crippen LogP contribution in [0.2, 0.25) is 0 Å². The smallest absolute Gasteiger partial charge is 0.255 e. The standard InChI is InChI=1S/C37H43N3O13/c1-17-32-20(40-9-10-50-34(48-3)33(40)53-32)11-23(51-17)52-22-13-37(46,35(45)39-8-7-38-36(14-39)15-49-16-36)12-19-25(22)31(44)27-26(29(19)42)28(41)18-5-4-6-21(47-2)24(18)30(27)43/h4-6,17,20,22-23,32-34,38,42,44,46H,7-16H2,1-3H3/t17-,20-,22-,23-,32+,33+,34-,37-/m0/s1. The van der Waals surface area contributed by atoms with E-state index in [4.69, 9.17) is 33.2 Å². The SMILES string of the molecule is COc1cccc2c1C(=O)c1c(O)c3c(c(O)c1C2=O)C[C@@](O)(C(=O)N1CCNC2(COC2)C1)C[C@@H]3O[C@H]1C[C@H]2[C@H](O[C@@H]3[C@@H](OC)OCCN32)[C@H](C)O1. The van der Waals surface area contributed by atoms with Crippen LogP contribution in [-0.2, 0) is 39.6 Å². The van der Waals surface area contributed by atoms with Gasteiger partial charge in [-0.1, -0.05) is 12.1 Å². The molecule has 16 nitrogen and oxygen atoms in total. The zero-order chi connectivity index (χ0) is 37.0. The second-order valence-corrected chi connectivity index (χ2v) is 15.1. The van der Waals surface area contributed by atoms with Crippen LogP contribution >= 0.6 is 0 Å². The van der Waals surface area contributed by atoms with Crippen LogP contribution in [0.15, 0.2) is 18.2 Å². The molecule has 5 fully saturated rings. The van der Waals surface area contributed by atoms with Gasteiger partial charge in [0.1, 0.15) is 29.0 Å². The largest absolute Gasteiger partial charge is 0.507 e. The molecule has 2 aromatic rings. The fourth-order valence-electron chi connectivity index (χ4n) is 9.46. The number of carbonyl (C=O) groups is 3. The number of nitrogens with zero attached hydrogens (tertiary/aromatic N) is 2. The fraction of sp³-hybridized carbons (Fsp3) is 0.595. The van der Waals surface area contributed by atoms with E-state index in [2.05, 4.69) is 10.2 Å². The quantitative estimate of drug-likeness (QED) is 0.262. The number of aliphatic hydroxyl groups is 1. The summed E-state index contributed by atoms with van der Waals surface area (Å²) in [7, 11) is 2.93. The zero-order valence-corrected chi connectivity index (χ0v) is 29.7. The molecular weight excluding hydrogens is 694 g/mol. The van der Waals surface area contributed by atoms with E-state index in [1.165, 1.54) is 19.2 Å². The molecular formula is C37H43N3O13. The number of morpholine rings is 1. The van der Waals surface area contributed by atoms with Gasteiger partial charge in [-0.3, -0.25) is 19.3 Å². The van der Waals surface area contributed by atoms with Gasteiger partial charge in [0.15, 0.2) is 24.6 Å². The monoisotopic (exact) mass is 737 g/mol. The first-order valence-corrected chi connectivity index (χ1v) is 18.1. The molecule has 4 N–H and O–H groups in total. The van der Waals surface area contributed by atoms with Crippen molar-refractivity contribution in [3.8, 4) is 17.2 Å². The Bertz CT molecular complexity index is 1880. The second-order valence-electron chi connectivity index (χ2n) is 15.1. The van der Waals surface area contributed by atoms with E-state index in [-0.39, 0.29) is 46.6 Å². The summed E-state index contributed by atoms with van der Waals surface area (Å²) in [6.45, 7) is 4.85. The first-order chi connectivity index (χ1) is 25.5. The van der Waals surface area contributed by atoms with E-state index in [9.17, 15) is 29.7 Å². The predicted molar refractivity (Wildman–Crippen MR) is 180 cm³/mol. The van der Waals surface area contributed by atoms with Crippen LogP contribution in [0.1, 0.15) is 68.8 Å². The van der Waals surface area contributed by atoms with Crippen molar-refractivity contribution >= 4 is 17.5 Å². The average Bonchev–Trinajstić information content (AvgIpc) is 3.53. The third kappa shape index (κ3) is 5.26. The van der Waals surface area contributed by atoms with E-state index >= 15 is 0 Å². The minimum absolute atomic E-state index is 0.00432. The normalized spacial score (nSPS) is 34.4. The maximum atomic E-state index is 14.4.